The molecule has 0 saturated carbocycles. The van der Waals surface area contributed by atoms with E-state index in [0.29, 0.717) is 5.69 Å². The van der Waals surface area contributed by atoms with Gasteiger partial charge < -0.3 is 16.0 Å². The van der Waals surface area contributed by atoms with E-state index >= 15 is 0 Å². The number of nitrogens with two attached hydrogens (primary N) is 1. The third kappa shape index (κ3) is 2.91. The maximum Gasteiger partial charge on any atom is 0.278 e. The van der Waals surface area contributed by atoms with Crippen molar-refractivity contribution in [3.63, 3.8) is 0 Å². The van der Waals surface area contributed by atoms with Gasteiger partial charge in [0.15, 0.2) is 11.5 Å². The SMILES string of the molecule is Nc1nccnc1C(=O)Nc1ccc(N2CCCC2)nc1. The normalized spacial score (nSPS) is 14.2. The Kier molecular flexibility index (Phi) is 3.63. The molecular weight excluding hydrogens is 268 g/mol. The number of pyridine rings is 1. The Hall–Kier alpha value is -2.70. The number of anilines is 3. The van der Waals surface area contributed by atoms with Crippen molar-refractivity contribution >= 4 is 23.2 Å². The molecule has 0 atom stereocenters. The van der Waals surface area contributed by atoms with Crippen LogP contribution in [0.15, 0.2) is 30.7 Å². The zero-order chi connectivity index (χ0) is 14.7. The van der Waals surface area contributed by atoms with Gasteiger partial charge in [0.2, 0.25) is 0 Å². The van der Waals surface area contributed by atoms with Gasteiger partial charge in [-0.25, -0.2) is 15.0 Å². The Labute approximate surface area is 122 Å². The highest BCUT2D eigenvalue weighted by Gasteiger charge is 2.15. The molecule has 2 aromatic rings. The van der Waals surface area contributed by atoms with Crippen LogP contribution in [0.1, 0.15) is 23.3 Å². The number of hydrogen-bond acceptors (Lipinski definition) is 6. The fourth-order valence-electron chi connectivity index (χ4n) is 2.31. The highest BCUT2D eigenvalue weighted by molar-refractivity contribution is 6.05. The van der Waals surface area contributed by atoms with Crippen LogP contribution in [-0.4, -0.2) is 33.9 Å². The molecular formula is C14H16N6O. The first-order valence-electron chi connectivity index (χ1n) is 6.83. The number of nitrogens with zero attached hydrogens (tertiary/aromatic N) is 4. The highest BCUT2D eigenvalue weighted by atomic mass is 16.1. The highest BCUT2D eigenvalue weighted by Crippen LogP contribution is 2.19. The number of carbonyl (C=O) groups is 1. The van der Waals surface area contributed by atoms with Crippen LogP contribution in [-0.2, 0) is 0 Å². The number of amides is 1. The minimum Gasteiger partial charge on any atom is -0.382 e. The van der Waals surface area contributed by atoms with Gasteiger partial charge >= 0.3 is 0 Å². The molecule has 0 aromatic carbocycles. The molecule has 108 valence electrons. The van der Waals surface area contributed by atoms with Gasteiger partial charge in [-0.05, 0) is 25.0 Å². The molecule has 7 heteroatoms. The van der Waals surface area contributed by atoms with Crippen LogP contribution >= 0.6 is 0 Å². The van der Waals surface area contributed by atoms with E-state index in [9.17, 15) is 4.79 Å². The first-order valence-corrected chi connectivity index (χ1v) is 6.83. The molecule has 3 heterocycles. The first kappa shape index (κ1) is 13.3. The molecule has 0 aliphatic carbocycles. The van der Waals surface area contributed by atoms with Crippen LogP contribution in [0.2, 0.25) is 0 Å². The second-order valence-corrected chi connectivity index (χ2v) is 4.84. The summed E-state index contributed by atoms with van der Waals surface area (Å²) in [6.45, 7) is 2.07. The largest absolute Gasteiger partial charge is 0.382 e. The van der Waals surface area contributed by atoms with Crippen LogP contribution in [0, 0.1) is 0 Å². The molecule has 3 N–H and O–H groups in total. The second-order valence-electron chi connectivity index (χ2n) is 4.84. The zero-order valence-electron chi connectivity index (χ0n) is 11.5. The molecule has 1 aliphatic rings. The molecule has 3 rings (SSSR count). The van der Waals surface area contributed by atoms with Gasteiger partial charge in [0.25, 0.3) is 5.91 Å². The van der Waals surface area contributed by atoms with Gasteiger partial charge in [-0.3, -0.25) is 4.79 Å². The maximum absolute atomic E-state index is 12.0. The smallest absolute Gasteiger partial charge is 0.278 e. The summed E-state index contributed by atoms with van der Waals surface area (Å²) in [5, 5.41) is 2.71. The lowest BCUT2D eigenvalue weighted by molar-refractivity contribution is 0.102. The number of carbonyl (C=O) groups excluding carboxylic acids is 1. The van der Waals surface area contributed by atoms with E-state index in [1.807, 2.05) is 12.1 Å². The number of aromatic nitrogens is 3. The van der Waals surface area contributed by atoms with E-state index in [1.165, 1.54) is 25.2 Å². The van der Waals surface area contributed by atoms with Crippen molar-refractivity contribution in [2.75, 3.05) is 29.0 Å². The van der Waals surface area contributed by atoms with E-state index in [-0.39, 0.29) is 11.5 Å². The van der Waals surface area contributed by atoms with Crippen molar-refractivity contribution in [1.29, 1.82) is 0 Å². The lowest BCUT2D eigenvalue weighted by atomic mass is 10.3. The summed E-state index contributed by atoms with van der Waals surface area (Å²) in [6.07, 6.45) is 6.91. The molecule has 0 spiro atoms. The van der Waals surface area contributed by atoms with Crippen molar-refractivity contribution in [3.05, 3.63) is 36.4 Å². The third-order valence-electron chi connectivity index (χ3n) is 3.38. The Balaban J connectivity index is 1.70. The number of nitrogens with one attached hydrogen (secondary N) is 1. The van der Waals surface area contributed by atoms with Crippen molar-refractivity contribution in [2.45, 2.75) is 12.8 Å². The average Bonchev–Trinajstić information content (AvgIpc) is 3.02. The fraction of sp³-hybridized carbons (Fsp3) is 0.286. The second kappa shape index (κ2) is 5.74. The van der Waals surface area contributed by atoms with Crippen LogP contribution in [0.25, 0.3) is 0 Å². The summed E-state index contributed by atoms with van der Waals surface area (Å²) in [5.41, 5.74) is 6.34. The molecule has 0 unspecified atom stereocenters. The predicted octanol–water partition coefficient (Wildman–Crippen LogP) is 1.31. The Morgan fingerprint density at radius 3 is 2.57 bits per heavy atom. The standard InChI is InChI=1S/C14H16N6O/c15-13-12(16-5-6-17-13)14(21)19-10-3-4-11(18-9-10)20-7-1-2-8-20/h3-6,9H,1-2,7-8H2,(H2,15,17)(H,19,21). The molecule has 1 aliphatic heterocycles. The summed E-state index contributed by atoms with van der Waals surface area (Å²) in [6, 6.07) is 3.73. The number of rotatable bonds is 3. The van der Waals surface area contributed by atoms with Gasteiger partial charge in [0.05, 0.1) is 11.9 Å². The molecule has 2 aromatic heterocycles. The molecule has 1 fully saturated rings. The molecule has 7 nitrogen and oxygen atoms in total. The number of nitrogen functional groups attached to an aromatic ring is 1. The van der Waals surface area contributed by atoms with Gasteiger partial charge in [0.1, 0.15) is 5.82 Å². The summed E-state index contributed by atoms with van der Waals surface area (Å²) in [4.78, 5) is 26.4. The minimum absolute atomic E-state index is 0.108. The van der Waals surface area contributed by atoms with Gasteiger partial charge in [-0.1, -0.05) is 0 Å². The van der Waals surface area contributed by atoms with Crippen molar-refractivity contribution in [3.8, 4) is 0 Å². The van der Waals surface area contributed by atoms with Crippen LogP contribution in [0.5, 0.6) is 0 Å². The van der Waals surface area contributed by atoms with E-state index in [1.54, 1.807) is 6.20 Å². The summed E-state index contributed by atoms with van der Waals surface area (Å²) in [7, 11) is 0. The van der Waals surface area contributed by atoms with E-state index in [0.717, 1.165) is 18.9 Å². The van der Waals surface area contributed by atoms with Gasteiger partial charge in [0, 0.05) is 25.5 Å². The van der Waals surface area contributed by atoms with Crippen LogP contribution < -0.4 is 16.0 Å². The molecule has 21 heavy (non-hydrogen) atoms. The fourth-order valence-corrected chi connectivity index (χ4v) is 2.31. The van der Waals surface area contributed by atoms with E-state index in [4.69, 9.17) is 5.73 Å². The molecule has 1 amide bonds. The predicted molar refractivity (Wildman–Crippen MR) is 80.1 cm³/mol. The quantitative estimate of drug-likeness (QED) is 0.882. The average molecular weight is 284 g/mol. The van der Waals surface area contributed by atoms with Crippen LogP contribution in [0.4, 0.5) is 17.3 Å². The van der Waals surface area contributed by atoms with Crippen LogP contribution in [0.3, 0.4) is 0 Å². The topological polar surface area (TPSA) is 97.0 Å². The number of hydrogen-bond donors (Lipinski definition) is 2. The van der Waals surface area contributed by atoms with Crippen molar-refractivity contribution in [1.82, 2.24) is 15.0 Å². The van der Waals surface area contributed by atoms with Crippen molar-refractivity contribution < 1.29 is 4.79 Å². The zero-order valence-corrected chi connectivity index (χ0v) is 11.5. The summed E-state index contributed by atoms with van der Waals surface area (Å²) < 4.78 is 0. The minimum atomic E-state index is -0.392. The molecule has 0 radical (unpaired) electrons. The third-order valence-corrected chi connectivity index (χ3v) is 3.38. The maximum atomic E-state index is 12.0. The van der Waals surface area contributed by atoms with Crippen molar-refractivity contribution in [2.24, 2.45) is 0 Å². The van der Waals surface area contributed by atoms with E-state index in [2.05, 4.69) is 25.2 Å². The summed E-state index contributed by atoms with van der Waals surface area (Å²) >= 11 is 0. The van der Waals surface area contributed by atoms with Gasteiger partial charge in [-0.2, -0.15) is 0 Å². The monoisotopic (exact) mass is 284 g/mol. The Morgan fingerprint density at radius 1 is 1.14 bits per heavy atom. The summed E-state index contributed by atoms with van der Waals surface area (Å²) in [5.74, 6) is 0.650. The molecule has 0 bridgehead atoms. The Morgan fingerprint density at radius 2 is 1.90 bits per heavy atom. The molecule has 1 saturated heterocycles. The Bertz CT molecular complexity index is 636. The van der Waals surface area contributed by atoms with E-state index < -0.39 is 5.91 Å². The lowest BCUT2D eigenvalue weighted by Crippen LogP contribution is -2.19. The van der Waals surface area contributed by atoms with Gasteiger partial charge in [-0.15, -0.1) is 0 Å². The first-order chi connectivity index (χ1) is 10.2. The lowest BCUT2D eigenvalue weighted by Gasteiger charge is -2.16.